The molecule has 3 N–H and O–H groups in total. The van der Waals surface area contributed by atoms with E-state index in [2.05, 4.69) is 0 Å². The minimum absolute atomic E-state index is 0.0153. The highest BCUT2D eigenvalue weighted by Gasteiger charge is 2.70. The Balaban J connectivity index is 2.07. The third kappa shape index (κ3) is 2.47. The summed E-state index contributed by atoms with van der Waals surface area (Å²) in [5.74, 6) is -0.951. The van der Waals surface area contributed by atoms with Crippen LogP contribution in [0.3, 0.4) is 0 Å². The lowest BCUT2D eigenvalue weighted by atomic mass is 10.00. The summed E-state index contributed by atoms with van der Waals surface area (Å²) in [6.07, 6.45) is 0. The highest BCUT2D eigenvalue weighted by atomic mass is 32.2. The van der Waals surface area contributed by atoms with E-state index in [-0.39, 0.29) is 18.0 Å². The first-order chi connectivity index (χ1) is 11.0. The Kier molecular flexibility index (Phi) is 4.00. The molecule has 1 fully saturated rings. The maximum atomic E-state index is 13.5. The number of nitrogens with two attached hydrogens (primary N) is 1. The molecule has 0 saturated heterocycles. The lowest BCUT2D eigenvalue weighted by Crippen LogP contribution is -2.27. The first kappa shape index (κ1) is 16.1. The number of hydrogen-bond acceptors (Lipinski definition) is 4. The molecule has 3 atom stereocenters. The molecule has 0 aliphatic heterocycles. The van der Waals surface area contributed by atoms with Crippen LogP contribution in [0.2, 0.25) is 0 Å². The molecule has 6 heteroatoms. The van der Waals surface area contributed by atoms with E-state index in [9.17, 15) is 17.9 Å². The summed E-state index contributed by atoms with van der Waals surface area (Å²) < 4.78 is 39.4. The monoisotopic (exact) mass is 335 g/mol. The van der Waals surface area contributed by atoms with Crippen LogP contribution >= 0.6 is 0 Å². The van der Waals surface area contributed by atoms with E-state index >= 15 is 0 Å². The maximum absolute atomic E-state index is 13.5. The van der Waals surface area contributed by atoms with E-state index in [0.717, 1.165) is 0 Å². The van der Waals surface area contributed by atoms with Crippen LogP contribution in [0.25, 0.3) is 0 Å². The van der Waals surface area contributed by atoms with Crippen molar-refractivity contribution in [2.75, 3.05) is 13.2 Å². The van der Waals surface area contributed by atoms with Crippen LogP contribution in [0, 0.1) is 11.2 Å². The number of halogens is 1. The van der Waals surface area contributed by atoms with Gasteiger partial charge in [0.1, 0.15) is 5.82 Å². The minimum Gasteiger partial charge on any atom is -0.396 e. The summed E-state index contributed by atoms with van der Waals surface area (Å²) in [4.78, 5) is 0.190. The zero-order valence-corrected chi connectivity index (χ0v) is 13.2. The maximum Gasteiger partial charge on any atom is 0.182 e. The van der Waals surface area contributed by atoms with Crippen LogP contribution in [0.4, 0.5) is 4.39 Å². The molecule has 4 nitrogen and oxygen atoms in total. The van der Waals surface area contributed by atoms with Crippen LogP contribution in [-0.2, 0) is 9.84 Å². The predicted molar refractivity (Wildman–Crippen MR) is 85.1 cm³/mol. The van der Waals surface area contributed by atoms with Crippen LogP contribution in [0.5, 0.6) is 0 Å². The van der Waals surface area contributed by atoms with Gasteiger partial charge in [-0.15, -0.1) is 0 Å². The van der Waals surface area contributed by atoms with Crippen molar-refractivity contribution >= 4 is 9.84 Å². The lowest BCUT2D eigenvalue weighted by molar-refractivity contribution is 0.212. The molecule has 1 saturated carbocycles. The standard InChI is InChI=1S/C17H18FNO3S/c18-13-6-4-5-12(9-13)15-16(17(15,10-19)11-20)23(21,22)14-7-2-1-3-8-14/h1-9,15-16,20H,10-11,19H2/t15-,16+,17+/m1/s1. The van der Waals surface area contributed by atoms with Gasteiger partial charge in [0.2, 0.25) is 0 Å². The average Bonchev–Trinajstić information content (AvgIpc) is 3.26. The molecule has 0 radical (unpaired) electrons. The van der Waals surface area contributed by atoms with Gasteiger partial charge in [0.05, 0.1) is 16.8 Å². The second kappa shape index (κ2) is 5.70. The molecule has 0 bridgehead atoms. The Hall–Kier alpha value is -1.76. The molecule has 1 aliphatic rings. The van der Waals surface area contributed by atoms with Gasteiger partial charge in [0.25, 0.3) is 0 Å². The first-order valence-corrected chi connectivity index (χ1v) is 8.87. The van der Waals surface area contributed by atoms with E-state index in [1.54, 1.807) is 24.3 Å². The summed E-state index contributed by atoms with van der Waals surface area (Å²) in [7, 11) is -3.67. The van der Waals surface area contributed by atoms with Gasteiger partial charge in [0, 0.05) is 17.9 Å². The highest BCUT2D eigenvalue weighted by Crippen LogP contribution is 2.63. The zero-order valence-electron chi connectivity index (χ0n) is 12.4. The minimum atomic E-state index is -3.67. The molecular weight excluding hydrogens is 317 g/mol. The van der Waals surface area contributed by atoms with Gasteiger partial charge < -0.3 is 10.8 Å². The van der Waals surface area contributed by atoms with Crippen molar-refractivity contribution < 1.29 is 17.9 Å². The topological polar surface area (TPSA) is 80.4 Å². The summed E-state index contributed by atoms with van der Waals surface area (Å²) in [5, 5.41) is 8.95. The van der Waals surface area contributed by atoms with Gasteiger partial charge in [-0.1, -0.05) is 30.3 Å². The Labute approximate surface area is 134 Å². The molecule has 0 spiro atoms. The Morgan fingerprint density at radius 3 is 2.39 bits per heavy atom. The van der Waals surface area contributed by atoms with Crippen molar-refractivity contribution in [3.63, 3.8) is 0 Å². The molecular formula is C17H18FNO3S. The number of sulfone groups is 1. The fourth-order valence-electron chi connectivity index (χ4n) is 3.40. The van der Waals surface area contributed by atoms with E-state index in [0.29, 0.717) is 5.56 Å². The number of hydrogen-bond donors (Lipinski definition) is 2. The van der Waals surface area contributed by atoms with Crippen molar-refractivity contribution in [1.82, 2.24) is 0 Å². The fraction of sp³-hybridized carbons (Fsp3) is 0.294. The van der Waals surface area contributed by atoms with Gasteiger partial charge in [-0.05, 0) is 29.8 Å². The quantitative estimate of drug-likeness (QED) is 0.871. The average molecular weight is 335 g/mol. The molecule has 2 aromatic carbocycles. The van der Waals surface area contributed by atoms with Crippen LogP contribution in [0.15, 0.2) is 59.5 Å². The summed E-state index contributed by atoms with van der Waals surface area (Å²) in [6, 6.07) is 13.9. The number of aliphatic hydroxyl groups excluding tert-OH is 1. The van der Waals surface area contributed by atoms with Crippen molar-refractivity contribution in [2.24, 2.45) is 11.1 Å². The van der Waals surface area contributed by atoms with Crippen LogP contribution < -0.4 is 5.73 Å². The second-order valence-electron chi connectivity index (χ2n) is 5.91. The molecule has 0 aromatic heterocycles. The molecule has 0 amide bonds. The molecule has 122 valence electrons. The van der Waals surface area contributed by atoms with Gasteiger partial charge in [-0.25, -0.2) is 12.8 Å². The van der Waals surface area contributed by atoms with Gasteiger partial charge in [-0.3, -0.25) is 0 Å². The van der Waals surface area contributed by atoms with Gasteiger partial charge in [-0.2, -0.15) is 0 Å². The van der Waals surface area contributed by atoms with E-state index in [4.69, 9.17) is 5.73 Å². The predicted octanol–water partition coefficient (Wildman–Crippen LogP) is 1.70. The molecule has 23 heavy (non-hydrogen) atoms. The molecule has 1 aliphatic carbocycles. The molecule has 3 rings (SSSR count). The molecule has 2 aromatic rings. The van der Waals surface area contributed by atoms with Gasteiger partial charge in [0.15, 0.2) is 9.84 Å². The normalized spacial score (nSPS) is 26.9. The zero-order chi connectivity index (χ0) is 16.7. The van der Waals surface area contributed by atoms with E-state index in [1.165, 1.54) is 30.3 Å². The SMILES string of the molecule is NC[C@]1(CO)[C@H](c2cccc(F)c2)[C@@H]1S(=O)(=O)c1ccccc1. The van der Waals surface area contributed by atoms with Crippen molar-refractivity contribution in [2.45, 2.75) is 16.1 Å². The summed E-state index contributed by atoms with van der Waals surface area (Å²) >= 11 is 0. The third-order valence-corrected chi connectivity index (χ3v) is 7.01. The Morgan fingerprint density at radius 1 is 1.13 bits per heavy atom. The van der Waals surface area contributed by atoms with E-state index < -0.39 is 32.2 Å². The third-order valence-electron chi connectivity index (χ3n) is 4.67. The van der Waals surface area contributed by atoms with Crippen LogP contribution in [0.1, 0.15) is 11.5 Å². The lowest BCUT2D eigenvalue weighted by Gasteiger charge is -2.12. The molecule has 0 heterocycles. The van der Waals surface area contributed by atoms with Gasteiger partial charge >= 0.3 is 0 Å². The summed E-state index contributed by atoms with van der Waals surface area (Å²) in [5.41, 5.74) is 5.37. The highest BCUT2D eigenvalue weighted by molar-refractivity contribution is 7.92. The van der Waals surface area contributed by atoms with Crippen molar-refractivity contribution in [1.29, 1.82) is 0 Å². The largest absolute Gasteiger partial charge is 0.396 e. The smallest absolute Gasteiger partial charge is 0.182 e. The Bertz CT molecular complexity index is 804. The fourth-order valence-corrected chi connectivity index (χ4v) is 5.87. The van der Waals surface area contributed by atoms with Crippen LogP contribution in [-0.4, -0.2) is 31.9 Å². The summed E-state index contributed by atoms with van der Waals surface area (Å²) in [6.45, 7) is -0.344. The first-order valence-electron chi connectivity index (χ1n) is 7.33. The van der Waals surface area contributed by atoms with E-state index in [1.807, 2.05) is 0 Å². The number of benzene rings is 2. The van der Waals surface area contributed by atoms with Crippen molar-refractivity contribution in [3.8, 4) is 0 Å². The molecule has 0 unspecified atom stereocenters. The second-order valence-corrected chi connectivity index (χ2v) is 7.98. The Morgan fingerprint density at radius 2 is 1.83 bits per heavy atom. The number of aliphatic hydroxyl groups is 1. The number of rotatable bonds is 5. The van der Waals surface area contributed by atoms with Crippen molar-refractivity contribution in [3.05, 3.63) is 66.0 Å².